The number of carboxylic acid groups (broad SMARTS) is 1. The van der Waals surface area contributed by atoms with Crippen LogP contribution in [0.2, 0.25) is 5.02 Å². The van der Waals surface area contributed by atoms with E-state index >= 15 is 0 Å². The standard InChI is InChI=1S/C26H28ClN3O4S2/c1-14(2)30(25(32)16-6-4-15(3)5-7-16)21-11-22(36-23(21)26(33)34)17-8-9-19(18(27)10-17)29-24(31)20-12-35-13-28-20/h8-16H,4-7H2,1-3H3,(H,29,31)(H,33,34)/t15-,16-. The Hall–Kier alpha value is -2.75. The number of amides is 2. The number of hydrogen-bond acceptors (Lipinski definition) is 6. The third kappa shape index (κ3) is 5.63. The van der Waals surface area contributed by atoms with E-state index in [9.17, 15) is 19.5 Å². The highest BCUT2D eigenvalue weighted by molar-refractivity contribution is 7.18. The fourth-order valence-electron chi connectivity index (χ4n) is 4.49. The van der Waals surface area contributed by atoms with Crippen molar-refractivity contribution in [3.05, 3.63) is 50.7 Å². The van der Waals surface area contributed by atoms with Gasteiger partial charge in [0.2, 0.25) is 5.91 Å². The predicted octanol–water partition coefficient (Wildman–Crippen LogP) is 7.04. The molecule has 2 amide bonds. The fraction of sp³-hybridized carbons (Fsp3) is 0.385. The van der Waals surface area contributed by atoms with E-state index in [-0.39, 0.29) is 28.7 Å². The van der Waals surface area contributed by atoms with Crippen molar-refractivity contribution < 1.29 is 19.5 Å². The van der Waals surface area contributed by atoms with Crippen LogP contribution in [0, 0.1) is 11.8 Å². The first kappa shape index (κ1) is 26.3. The second kappa shape index (κ2) is 11.1. The molecule has 1 aromatic carbocycles. The van der Waals surface area contributed by atoms with Crippen molar-refractivity contribution in [1.29, 1.82) is 0 Å². The number of anilines is 2. The van der Waals surface area contributed by atoms with E-state index in [0.29, 0.717) is 38.4 Å². The van der Waals surface area contributed by atoms with Crippen LogP contribution in [0.5, 0.6) is 0 Å². The van der Waals surface area contributed by atoms with Gasteiger partial charge in [0.15, 0.2) is 0 Å². The van der Waals surface area contributed by atoms with Crippen LogP contribution in [0.15, 0.2) is 35.2 Å². The molecule has 1 saturated carbocycles. The van der Waals surface area contributed by atoms with Crippen LogP contribution < -0.4 is 10.2 Å². The SMILES string of the molecule is CC(C)N(c1cc(-c2ccc(NC(=O)c3cscn3)c(Cl)c2)sc1C(=O)O)C(=O)[C@H]1CC[C@H](C)CC1. The molecule has 3 aromatic rings. The largest absolute Gasteiger partial charge is 0.477 e. The lowest BCUT2D eigenvalue weighted by Gasteiger charge is -2.33. The van der Waals surface area contributed by atoms with Gasteiger partial charge in [0.25, 0.3) is 5.91 Å². The van der Waals surface area contributed by atoms with Crippen molar-refractivity contribution in [2.75, 3.05) is 10.2 Å². The molecule has 0 unspecified atom stereocenters. The van der Waals surface area contributed by atoms with Crippen molar-refractivity contribution in [2.24, 2.45) is 11.8 Å². The Morgan fingerprint density at radius 1 is 1.17 bits per heavy atom. The number of benzene rings is 1. The highest BCUT2D eigenvalue weighted by Crippen LogP contribution is 2.41. The molecule has 1 aliphatic carbocycles. The van der Waals surface area contributed by atoms with E-state index in [4.69, 9.17) is 11.6 Å². The van der Waals surface area contributed by atoms with Crippen LogP contribution in [0.4, 0.5) is 11.4 Å². The first-order chi connectivity index (χ1) is 17.2. The molecular weight excluding hydrogens is 518 g/mol. The van der Waals surface area contributed by atoms with Crippen molar-refractivity contribution in [3.63, 3.8) is 0 Å². The van der Waals surface area contributed by atoms with Gasteiger partial charge >= 0.3 is 5.97 Å². The van der Waals surface area contributed by atoms with Gasteiger partial charge < -0.3 is 15.3 Å². The lowest BCUT2D eigenvalue weighted by atomic mass is 9.82. The van der Waals surface area contributed by atoms with Crippen molar-refractivity contribution in [2.45, 2.75) is 52.5 Å². The number of aromatic nitrogens is 1. The summed E-state index contributed by atoms with van der Waals surface area (Å²) >= 11 is 8.90. The predicted molar refractivity (Wildman–Crippen MR) is 146 cm³/mol. The third-order valence-electron chi connectivity index (χ3n) is 6.45. The van der Waals surface area contributed by atoms with Crippen molar-refractivity contribution in [3.8, 4) is 10.4 Å². The minimum Gasteiger partial charge on any atom is -0.477 e. The Morgan fingerprint density at radius 3 is 2.47 bits per heavy atom. The molecule has 4 rings (SSSR count). The van der Waals surface area contributed by atoms with E-state index in [1.807, 2.05) is 13.8 Å². The average Bonchev–Trinajstić information content (AvgIpc) is 3.51. The smallest absolute Gasteiger partial charge is 0.348 e. The van der Waals surface area contributed by atoms with Crippen LogP contribution in [-0.2, 0) is 4.79 Å². The summed E-state index contributed by atoms with van der Waals surface area (Å²) in [6.45, 7) is 6.02. The monoisotopic (exact) mass is 545 g/mol. The number of carbonyl (C=O) groups excluding carboxylic acids is 2. The Morgan fingerprint density at radius 2 is 1.89 bits per heavy atom. The number of rotatable bonds is 7. The molecule has 2 heterocycles. The minimum atomic E-state index is -1.07. The number of aromatic carboxylic acids is 1. The molecule has 0 saturated heterocycles. The molecule has 0 bridgehead atoms. The Kier molecular flexibility index (Phi) is 8.12. The highest BCUT2D eigenvalue weighted by atomic mass is 35.5. The Bertz CT molecular complexity index is 1260. The first-order valence-electron chi connectivity index (χ1n) is 11.8. The zero-order valence-corrected chi connectivity index (χ0v) is 22.7. The molecule has 36 heavy (non-hydrogen) atoms. The van der Waals surface area contributed by atoms with Crippen LogP contribution in [0.1, 0.15) is 66.6 Å². The zero-order chi connectivity index (χ0) is 26.0. The number of thiophene rings is 1. The van der Waals surface area contributed by atoms with Crippen LogP contribution >= 0.6 is 34.3 Å². The van der Waals surface area contributed by atoms with Gasteiger partial charge in [0.05, 0.1) is 21.9 Å². The summed E-state index contributed by atoms with van der Waals surface area (Å²) in [6.07, 6.45) is 3.67. The molecule has 190 valence electrons. The number of nitrogens with zero attached hydrogens (tertiary/aromatic N) is 2. The normalized spacial score (nSPS) is 17.7. The van der Waals surface area contributed by atoms with E-state index < -0.39 is 5.97 Å². The molecule has 2 N–H and O–H groups in total. The van der Waals surface area contributed by atoms with E-state index in [2.05, 4.69) is 17.2 Å². The number of hydrogen-bond donors (Lipinski definition) is 2. The summed E-state index contributed by atoms with van der Waals surface area (Å²) < 4.78 is 0. The van der Waals surface area contributed by atoms with Gasteiger partial charge in [-0.2, -0.15) is 0 Å². The Labute approximate surface area is 223 Å². The summed E-state index contributed by atoms with van der Waals surface area (Å²) in [7, 11) is 0. The highest BCUT2D eigenvalue weighted by Gasteiger charge is 2.33. The summed E-state index contributed by atoms with van der Waals surface area (Å²) in [5, 5.41) is 14.7. The maximum Gasteiger partial charge on any atom is 0.348 e. The molecule has 0 atom stereocenters. The summed E-state index contributed by atoms with van der Waals surface area (Å²) in [6, 6.07) is 6.70. The number of thiazole rings is 1. The van der Waals surface area contributed by atoms with Gasteiger partial charge in [-0.3, -0.25) is 9.59 Å². The maximum atomic E-state index is 13.5. The molecule has 7 nitrogen and oxygen atoms in total. The lowest BCUT2D eigenvalue weighted by molar-refractivity contribution is -0.123. The van der Waals surface area contributed by atoms with Gasteiger partial charge in [-0.05, 0) is 69.2 Å². The number of nitrogens with one attached hydrogen (secondary N) is 1. The molecule has 1 fully saturated rings. The maximum absolute atomic E-state index is 13.5. The van der Waals surface area contributed by atoms with Gasteiger partial charge in [0.1, 0.15) is 10.6 Å². The molecule has 2 aromatic heterocycles. The topological polar surface area (TPSA) is 99.6 Å². The van der Waals surface area contributed by atoms with E-state index in [0.717, 1.165) is 37.0 Å². The number of halogens is 1. The minimum absolute atomic E-state index is 0.0121. The second-order valence-electron chi connectivity index (χ2n) is 9.41. The average molecular weight is 546 g/mol. The van der Waals surface area contributed by atoms with Gasteiger partial charge in [-0.15, -0.1) is 22.7 Å². The molecular formula is C26H28ClN3O4S2. The van der Waals surface area contributed by atoms with Crippen LogP contribution in [0.25, 0.3) is 10.4 Å². The molecule has 0 radical (unpaired) electrons. The zero-order valence-electron chi connectivity index (χ0n) is 20.3. The van der Waals surface area contributed by atoms with Crippen molar-refractivity contribution >= 4 is 63.4 Å². The quantitative estimate of drug-likeness (QED) is 0.331. The lowest BCUT2D eigenvalue weighted by Crippen LogP contribution is -2.42. The number of carboxylic acids is 1. The number of carbonyl (C=O) groups is 3. The van der Waals surface area contributed by atoms with Gasteiger partial charge in [-0.1, -0.05) is 24.6 Å². The fourth-order valence-corrected chi connectivity index (χ4v) is 6.24. The first-order valence-corrected chi connectivity index (χ1v) is 14.0. The Balaban J connectivity index is 1.63. The van der Waals surface area contributed by atoms with E-state index in [1.54, 1.807) is 40.1 Å². The van der Waals surface area contributed by atoms with Gasteiger partial charge in [-0.25, -0.2) is 9.78 Å². The second-order valence-corrected chi connectivity index (χ2v) is 11.6. The molecule has 10 heteroatoms. The molecule has 0 spiro atoms. The summed E-state index contributed by atoms with van der Waals surface area (Å²) in [4.78, 5) is 44.5. The molecule has 1 aliphatic rings. The van der Waals surface area contributed by atoms with Crippen LogP contribution in [0.3, 0.4) is 0 Å². The van der Waals surface area contributed by atoms with Gasteiger partial charge in [0, 0.05) is 22.2 Å². The van der Waals surface area contributed by atoms with E-state index in [1.165, 1.54) is 11.3 Å². The summed E-state index contributed by atoms with van der Waals surface area (Å²) in [5.74, 6) is -0.927. The summed E-state index contributed by atoms with van der Waals surface area (Å²) in [5.41, 5.74) is 3.43. The molecule has 0 aliphatic heterocycles. The third-order valence-corrected chi connectivity index (χ3v) is 8.51. The van der Waals surface area contributed by atoms with Crippen molar-refractivity contribution in [1.82, 2.24) is 4.98 Å². The van der Waals surface area contributed by atoms with Crippen LogP contribution in [-0.4, -0.2) is 33.9 Å².